The summed E-state index contributed by atoms with van der Waals surface area (Å²) in [5.41, 5.74) is 2.32. The third kappa shape index (κ3) is 2.57. The monoisotopic (exact) mass is 312 g/mol. The molecule has 0 bridgehead atoms. The fraction of sp³-hybridized carbons (Fsp3) is 0.471. The Morgan fingerprint density at radius 1 is 1.39 bits per heavy atom. The molecule has 2 aromatic heterocycles. The Hall–Kier alpha value is -2.39. The van der Waals surface area contributed by atoms with E-state index in [1.807, 2.05) is 13.8 Å². The van der Waals surface area contributed by atoms with Gasteiger partial charge in [-0.25, -0.2) is 4.98 Å². The second-order valence-electron chi connectivity index (χ2n) is 6.38. The van der Waals surface area contributed by atoms with Gasteiger partial charge in [0.25, 0.3) is 5.56 Å². The predicted octanol–water partition coefficient (Wildman–Crippen LogP) is 1.40. The van der Waals surface area contributed by atoms with Crippen molar-refractivity contribution in [3.8, 4) is 6.07 Å². The molecule has 6 nitrogen and oxygen atoms in total. The fourth-order valence-corrected chi connectivity index (χ4v) is 3.25. The molecule has 1 fully saturated rings. The number of fused-ring (bicyclic) bond motifs is 1. The Bertz CT molecular complexity index is 852. The maximum absolute atomic E-state index is 12.3. The summed E-state index contributed by atoms with van der Waals surface area (Å²) in [6.45, 7) is 4.69. The standard InChI is InChI=1S/C17H20N4O2/c1-10-9-21(11(2)6-15(10)22)14-7-16(23)20(3)13-5-4-12(8-18)19-17(13)14/h4-5,7,10-11,15,22H,6,9H2,1-3H3/t10-,11+,15-/m1/s1. The lowest BCUT2D eigenvalue weighted by molar-refractivity contribution is 0.0840. The van der Waals surface area contributed by atoms with E-state index in [2.05, 4.69) is 16.0 Å². The summed E-state index contributed by atoms with van der Waals surface area (Å²) < 4.78 is 1.54. The van der Waals surface area contributed by atoms with E-state index < -0.39 is 0 Å². The highest BCUT2D eigenvalue weighted by Gasteiger charge is 2.31. The van der Waals surface area contributed by atoms with Crippen LogP contribution in [0.15, 0.2) is 23.0 Å². The van der Waals surface area contributed by atoms with Gasteiger partial charge in [0.05, 0.1) is 17.3 Å². The SMILES string of the molecule is C[C@@H]1CN(c2cc(=O)n(C)c3ccc(C#N)nc23)[C@@H](C)C[C@H]1O. The van der Waals surface area contributed by atoms with Gasteiger partial charge in [0.2, 0.25) is 0 Å². The number of nitrogens with zero attached hydrogens (tertiary/aromatic N) is 4. The smallest absolute Gasteiger partial charge is 0.252 e. The minimum atomic E-state index is -0.332. The van der Waals surface area contributed by atoms with E-state index >= 15 is 0 Å². The number of piperidine rings is 1. The van der Waals surface area contributed by atoms with Crippen molar-refractivity contribution in [2.24, 2.45) is 13.0 Å². The Balaban J connectivity index is 2.22. The number of aromatic nitrogens is 2. The third-order valence-corrected chi connectivity index (χ3v) is 4.75. The Morgan fingerprint density at radius 2 is 2.13 bits per heavy atom. The molecule has 1 aliphatic rings. The van der Waals surface area contributed by atoms with Crippen molar-refractivity contribution < 1.29 is 5.11 Å². The van der Waals surface area contributed by atoms with Crippen LogP contribution in [0.4, 0.5) is 5.69 Å². The van der Waals surface area contributed by atoms with Crippen molar-refractivity contribution in [2.45, 2.75) is 32.4 Å². The number of rotatable bonds is 1. The largest absolute Gasteiger partial charge is 0.393 e. The predicted molar refractivity (Wildman–Crippen MR) is 88.3 cm³/mol. The molecule has 3 heterocycles. The summed E-state index contributed by atoms with van der Waals surface area (Å²) in [5, 5.41) is 19.2. The normalized spacial score (nSPS) is 24.7. The zero-order valence-corrected chi connectivity index (χ0v) is 13.5. The van der Waals surface area contributed by atoms with Crippen molar-refractivity contribution in [1.82, 2.24) is 9.55 Å². The molecule has 0 spiro atoms. The summed E-state index contributed by atoms with van der Waals surface area (Å²) >= 11 is 0. The lowest BCUT2D eigenvalue weighted by Crippen LogP contribution is -2.48. The van der Waals surface area contributed by atoms with Crippen LogP contribution in [-0.2, 0) is 7.05 Å². The highest BCUT2D eigenvalue weighted by atomic mass is 16.3. The number of aliphatic hydroxyl groups excluding tert-OH is 1. The maximum Gasteiger partial charge on any atom is 0.252 e. The van der Waals surface area contributed by atoms with E-state index in [1.54, 1.807) is 29.8 Å². The molecule has 0 radical (unpaired) electrons. The number of nitriles is 1. The van der Waals surface area contributed by atoms with Gasteiger partial charge in [0, 0.05) is 25.7 Å². The fourth-order valence-electron chi connectivity index (χ4n) is 3.25. The van der Waals surface area contributed by atoms with Gasteiger partial charge in [-0.3, -0.25) is 4.79 Å². The van der Waals surface area contributed by atoms with Crippen LogP contribution in [0.5, 0.6) is 0 Å². The highest BCUT2D eigenvalue weighted by molar-refractivity contribution is 5.88. The van der Waals surface area contributed by atoms with Crippen LogP contribution < -0.4 is 10.5 Å². The number of aliphatic hydroxyl groups is 1. The molecule has 0 saturated carbocycles. The van der Waals surface area contributed by atoms with Crippen LogP contribution in [0.2, 0.25) is 0 Å². The molecule has 0 unspecified atom stereocenters. The molecule has 3 rings (SSSR count). The van der Waals surface area contributed by atoms with Gasteiger partial charge in [-0.05, 0) is 31.4 Å². The van der Waals surface area contributed by atoms with Crippen LogP contribution >= 0.6 is 0 Å². The van der Waals surface area contributed by atoms with Crippen molar-refractivity contribution >= 4 is 16.7 Å². The van der Waals surface area contributed by atoms with Crippen molar-refractivity contribution in [3.05, 3.63) is 34.2 Å². The van der Waals surface area contributed by atoms with Crippen LogP contribution in [0.25, 0.3) is 11.0 Å². The quantitative estimate of drug-likeness (QED) is 0.860. The number of pyridine rings is 2. The number of aryl methyl sites for hydroxylation is 1. The van der Waals surface area contributed by atoms with Gasteiger partial charge in [0.15, 0.2) is 0 Å². The van der Waals surface area contributed by atoms with E-state index in [0.29, 0.717) is 29.7 Å². The van der Waals surface area contributed by atoms with E-state index in [-0.39, 0.29) is 23.6 Å². The van der Waals surface area contributed by atoms with Gasteiger partial charge in [-0.15, -0.1) is 0 Å². The number of hydrogen-bond acceptors (Lipinski definition) is 5. The molecular formula is C17H20N4O2. The summed E-state index contributed by atoms with van der Waals surface area (Å²) in [6, 6.07) is 7.12. The minimum Gasteiger partial charge on any atom is -0.393 e. The van der Waals surface area contributed by atoms with E-state index in [1.165, 1.54) is 0 Å². The van der Waals surface area contributed by atoms with Gasteiger partial charge in [0.1, 0.15) is 17.3 Å². The van der Waals surface area contributed by atoms with Gasteiger partial charge in [-0.1, -0.05) is 6.92 Å². The first kappa shape index (κ1) is 15.5. The Labute approximate surface area is 134 Å². The first-order valence-corrected chi connectivity index (χ1v) is 7.78. The second-order valence-corrected chi connectivity index (χ2v) is 6.38. The summed E-state index contributed by atoms with van der Waals surface area (Å²) in [4.78, 5) is 18.8. The molecule has 0 aliphatic carbocycles. The maximum atomic E-state index is 12.3. The minimum absolute atomic E-state index is 0.101. The van der Waals surface area contributed by atoms with Gasteiger partial charge < -0.3 is 14.6 Å². The van der Waals surface area contributed by atoms with Crippen LogP contribution in [-0.4, -0.2) is 33.3 Å². The van der Waals surface area contributed by atoms with E-state index in [0.717, 1.165) is 5.69 Å². The molecule has 120 valence electrons. The topological polar surface area (TPSA) is 82.2 Å². The lowest BCUT2D eigenvalue weighted by atomic mass is 9.91. The molecule has 1 aliphatic heterocycles. The zero-order valence-electron chi connectivity index (χ0n) is 13.5. The van der Waals surface area contributed by atoms with Gasteiger partial charge >= 0.3 is 0 Å². The van der Waals surface area contributed by atoms with E-state index in [9.17, 15) is 9.90 Å². The zero-order chi connectivity index (χ0) is 16.7. The van der Waals surface area contributed by atoms with E-state index in [4.69, 9.17) is 5.26 Å². The number of anilines is 1. The molecular weight excluding hydrogens is 292 g/mol. The molecule has 2 aromatic rings. The average Bonchev–Trinajstić information content (AvgIpc) is 2.54. The molecule has 1 N–H and O–H groups in total. The summed E-state index contributed by atoms with van der Waals surface area (Å²) in [5.74, 6) is 0.115. The molecule has 0 amide bonds. The third-order valence-electron chi connectivity index (χ3n) is 4.75. The lowest BCUT2D eigenvalue weighted by Gasteiger charge is -2.41. The molecule has 0 aromatic carbocycles. The summed E-state index contributed by atoms with van der Waals surface area (Å²) in [6.07, 6.45) is 0.317. The van der Waals surface area contributed by atoms with Crippen molar-refractivity contribution in [3.63, 3.8) is 0 Å². The van der Waals surface area contributed by atoms with Crippen LogP contribution in [0.3, 0.4) is 0 Å². The van der Waals surface area contributed by atoms with Crippen LogP contribution in [0, 0.1) is 17.2 Å². The molecule has 6 heteroatoms. The van der Waals surface area contributed by atoms with Crippen molar-refractivity contribution in [2.75, 3.05) is 11.4 Å². The summed E-state index contributed by atoms with van der Waals surface area (Å²) in [7, 11) is 1.70. The Kier molecular flexibility index (Phi) is 3.82. The first-order chi connectivity index (χ1) is 10.9. The molecule has 23 heavy (non-hydrogen) atoms. The average molecular weight is 312 g/mol. The highest BCUT2D eigenvalue weighted by Crippen LogP contribution is 2.31. The first-order valence-electron chi connectivity index (χ1n) is 7.78. The molecule has 1 saturated heterocycles. The second kappa shape index (κ2) is 5.67. The Morgan fingerprint density at radius 3 is 2.83 bits per heavy atom. The van der Waals surface area contributed by atoms with Gasteiger partial charge in [-0.2, -0.15) is 5.26 Å². The molecule has 3 atom stereocenters. The number of hydrogen-bond donors (Lipinski definition) is 1. The van der Waals surface area contributed by atoms with Crippen LogP contribution in [0.1, 0.15) is 26.0 Å². The van der Waals surface area contributed by atoms with Crippen molar-refractivity contribution in [1.29, 1.82) is 5.26 Å².